The van der Waals surface area contributed by atoms with Gasteiger partial charge in [0.15, 0.2) is 0 Å². The Hall–Kier alpha value is -1.17. The van der Waals surface area contributed by atoms with Gasteiger partial charge in [-0.2, -0.15) is 0 Å². The van der Waals surface area contributed by atoms with Crippen molar-refractivity contribution in [2.45, 2.75) is 46.2 Å². The maximum atomic E-state index is 6.10. The molecule has 0 saturated carbocycles. The molecule has 2 rings (SSSR count). The summed E-state index contributed by atoms with van der Waals surface area (Å²) in [4.78, 5) is 11.5. The van der Waals surface area contributed by atoms with E-state index < -0.39 is 0 Å². The van der Waals surface area contributed by atoms with Gasteiger partial charge in [-0.1, -0.05) is 23.2 Å². The number of rotatable bonds is 2. The van der Waals surface area contributed by atoms with Crippen LogP contribution in [-0.2, 0) is 0 Å². The van der Waals surface area contributed by atoms with Crippen LogP contribution in [0.2, 0.25) is 10.0 Å². The highest BCUT2D eigenvalue weighted by Crippen LogP contribution is 2.25. The van der Waals surface area contributed by atoms with Crippen LogP contribution in [0.3, 0.4) is 0 Å². The number of benzene rings is 1. The Bertz CT molecular complexity index is 650. The smallest absolute Gasteiger partial charge is 0.203 e. The first-order chi connectivity index (χ1) is 11.2. The molecule has 0 atom stereocenters. The molecule has 2 N–H and O–H groups in total. The Balaban J connectivity index is 0.00000312. The van der Waals surface area contributed by atoms with Crippen LogP contribution >= 0.6 is 35.6 Å². The molecule has 1 aliphatic rings. The van der Waals surface area contributed by atoms with Crippen LogP contribution in [0.25, 0.3) is 0 Å². The van der Waals surface area contributed by atoms with Crippen LogP contribution in [-0.4, -0.2) is 41.5 Å². The molecule has 0 unspecified atom stereocenters. The Morgan fingerprint density at radius 2 is 1.88 bits per heavy atom. The molecule has 0 spiro atoms. The zero-order valence-corrected chi connectivity index (χ0v) is 17.6. The van der Waals surface area contributed by atoms with Gasteiger partial charge in [-0.15, -0.1) is 12.4 Å². The van der Waals surface area contributed by atoms with Crippen LogP contribution in [0.5, 0.6) is 0 Å². The van der Waals surface area contributed by atoms with Gasteiger partial charge < -0.3 is 10.2 Å². The van der Waals surface area contributed by atoms with Crippen molar-refractivity contribution in [2.24, 2.45) is 9.98 Å². The van der Waals surface area contributed by atoms with Gasteiger partial charge in [0, 0.05) is 18.3 Å². The SMILES string of the molecule is CC(C)N1CCN=C1NC(=NC(C)(C)C)Nc1ccc(Cl)c(Cl)c1.Cl. The molecule has 5 nitrogen and oxygen atoms in total. The predicted molar refractivity (Wildman–Crippen MR) is 112 cm³/mol. The molecule has 1 aliphatic heterocycles. The summed E-state index contributed by atoms with van der Waals surface area (Å²) >= 11 is 12.1. The fourth-order valence-corrected chi connectivity index (χ4v) is 2.61. The Morgan fingerprint density at radius 1 is 1.20 bits per heavy atom. The van der Waals surface area contributed by atoms with Gasteiger partial charge >= 0.3 is 0 Å². The van der Waals surface area contributed by atoms with Crippen LogP contribution in [0.1, 0.15) is 34.6 Å². The maximum absolute atomic E-state index is 6.10. The first-order valence-corrected chi connectivity index (χ1v) is 8.81. The summed E-state index contributed by atoms with van der Waals surface area (Å²) in [5, 5.41) is 7.63. The van der Waals surface area contributed by atoms with E-state index in [1.54, 1.807) is 12.1 Å². The van der Waals surface area contributed by atoms with E-state index in [9.17, 15) is 0 Å². The van der Waals surface area contributed by atoms with Gasteiger partial charge in [0.1, 0.15) is 0 Å². The van der Waals surface area contributed by atoms with Crippen molar-refractivity contribution >= 4 is 53.2 Å². The highest BCUT2D eigenvalue weighted by molar-refractivity contribution is 6.42. The van der Waals surface area contributed by atoms with Crippen molar-refractivity contribution in [3.63, 3.8) is 0 Å². The molecular weight excluding hydrogens is 381 g/mol. The number of guanidine groups is 2. The first kappa shape index (κ1) is 21.9. The second-order valence-electron chi connectivity index (χ2n) is 7.00. The minimum Gasteiger partial charge on any atom is -0.338 e. The van der Waals surface area contributed by atoms with Crippen molar-refractivity contribution in [2.75, 3.05) is 18.4 Å². The van der Waals surface area contributed by atoms with E-state index in [0.717, 1.165) is 24.7 Å². The average Bonchev–Trinajstić information content (AvgIpc) is 2.89. The van der Waals surface area contributed by atoms with Crippen molar-refractivity contribution in [1.29, 1.82) is 0 Å². The van der Waals surface area contributed by atoms with Gasteiger partial charge in [0.2, 0.25) is 11.9 Å². The average molecular weight is 407 g/mol. The van der Waals surface area contributed by atoms with Gasteiger partial charge in [-0.25, -0.2) is 4.99 Å². The lowest BCUT2D eigenvalue weighted by molar-refractivity contribution is 0.374. The van der Waals surface area contributed by atoms with E-state index >= 15 is 0 Å². The standard InChI is InChI=1S/C17H25Cl2N5.ClH/c1-11(2)24-9-8-20-16(24)22-15(23-17(3,4)5)21-12-6-7-13(18)14(19)10-12;/h6-7,10-11H,8-9H2,1-5H3,(H2,20,21,22,23);1H. The second-order valence-corrected chi connectivity index (χ2v) is 7.82. The van der Waals surface area contributed by atoms with E-state index in [4.69, 9.17) is 28.2 Å². The molecule has 1 heterocycles. The third kappa shape index (κ3) is 6.57. The Labute approximate surface area is 166 Å². The molecule has 140 valence electrons. The molecule has 1 aromatic carbocycles. The van der Waals surface area contributed by atoms with Gasteiger partial charge in [0.05, 0.1) is 22.1 Å². The Morgan fingerprint density at radius 3 is 2.44 bits per heavy atom. The summed E-state index contributed by atoms with van der Waals surface area (Å²) in [5.74, 6) is 1.47. The number of nitrogens with zero attached hydrogens (tertiary/aromatic N) is 3. The van der Waals surface area contributed by atoms with Crippen molar-refractivity contribution in [3.05, 3.63) is 28.2 Å². The monoisotopic (exact) mass is 405 g/mol. The third-order valence-corrected chi connectivity index (χ3v) is 4.10. The van der Waals surface area contributed by atoms with Crippen molar-refractivity contribution in [3.8, 4) is 0 Å². The zero-order valence-electron chi connectivity index (χ0n) is 15.2. The second kappa shape index (κ2) is 8.97. The van der Waals surface area contributed by atoms with Crippen molar-refractivity contribution in [1.82, 2.24) is 10.2 Å². The summed E-state index contributed by atoms with van der Waals surface area (Å²) < 4.78 is 0. The molecule has 0 bridgehead atoms. The van der Waals surface area contributed by atoms with E-state index in [0.29, 0.717) is 22.0 Å². The lowest BCUT2D eigenvalue weighted by Gasteiger charge is -2.26. The number of anilines is 1. The topological polar surface area (TPSA) is 52.0 Å². The molecule has 0 fully saturated rings. The number of hydrogen-bond donors (Lipinski definition) is 2. The lowest BCUT2D eigenvalue weighted by atomic mass is 10.1. The molecular formula is C17H26Cl3N5. The molecule has 8 heteroatoms. The normalized spacial score (nSPS) is 15.1. The quantitative estimate of drug-likeness (QED) is 0.555. The summed E-state index contributed by atoms with van der Waals surface area (Å²) in [5.41, 5.74) is 0.572. The van der Waals surface area contributed by atoms with E-state index in [2.05, 4.69) is 34.4 Å². The highest BCUT2D eigenvalue weighted by atomic mass is 35.5. The molecule has 25 heavy (non-hydrogen) atoms. The van der Waals surface area contributed by atoms with Crippen LogP contribution in [0.15, 0.2) is 28.2 Å². The number of nitrogens with one attached hydrogen (secondary N) is 2. The third-order valence-electron chi connectivity index (χ3n) is 3.36. The van der Waals surface area contributed by atoms with Crippen molar-refractivity contribution < 1.29 is 0 Å². The van der Waals surface area contributed by atoms with Gasteiger partial charge in [-0.3, -0.25) is 10.3 Å². The summed E-state index contributed by atoms with van der Waals surface area (Å²) in [7, 11) is 0. The highest BCUT2D eigenvalue weighted by Gasteiger charge is 2.22. The lowest BCUT2D eigenvalue weighted by Crippen LogP contribution is -2.47. The van der Waals surface area contributed by atoms with Gasteiger partial charge in [0.25, 0.3) is 0 Å². The summed E-state index contributed by atoms with van der Waals surface area (Å²) in [6.45, 7) is 12.1. The molecule has 1 aromatic rings. The Kier molecular flexibility index (Phi) is 7.85. The van der Waals surface area contributed by atoms with E-state index in [1.165, 1.54) is 0 Å². The maximum Gasteiger partial charge on any atom is 0.203 e. The number of hydrogen-bond acceptors (Lipinski definition) is 3. The minimum atomic E-state index is -0.243. The van der Waals surface area contributed by atoms with Crippen LogP contribution in [0, 0.1) is 0 Å². The zero-order chi connectivity index (χ0) is 17.9. The molecule has 0 amide bonds. The van der Waals surface area contributed by atoms with Crippen LogP contribution in [0.4, 0.5) is 5.69 Å². The van der Waals surface area contributed by atoms with Crippen LogP contribution < -0.4 is 10.6 Å². The summed E-state index contributed by atoms with van der Waals surface area (Å²) in [6.07, 6.45) is 0. The fourth-order valence-electron chi connectivity index (χ4n) is 2.31. The summed E-state index contributed by atoms with van der Waals surface area (Å²) in [6, 6.07) is 5.78. The molecule has 0 radical (unpaired) electrons. The molecule has 0 saturated heterocycles. The largest absolute Gasteiger partial charge is 0.338 e. The van der Waals surface area contributed by atoms with E-state index in [-0.39, 0.29) is 17.9 Å². The van der Waals surface area contributed by atoms with Gasteiger partial charge in [-0.05, 0) is 52.8 Å². The molecule has 0 aromatic heterocycles. The minimum absolute atomic E-state index is 0. The first-order valence-electron chi connectivity index (χ1n) is 8.06. The number of halogens is 3. The fraction of sp³-hybridized carbons (Fsp3) is 0.529. The van der Waals surface area contributed by atoms with E-state index in [1.807, 2.05) is 26.8 Å². The predicted octanol–water partition coefficient (Wildman–Crippen LogP) is 4.65. The number of aliphatic imine (C=N–C) groups is 2. The molecule has 0 aliphatic carbocycles.